The molecule has 1 heterocycles. The Bertz CT molecular complexity index is 691. The Kier molecular flexibility index (Phi) is 7.29. The summed E-state index contributed by atoms with van der Waals surface area (Å²) in [6.45, 7) is 0.552. The van der Waals surface area contributed by atoms with Crippen molar-refractivity contribution in [2.24, 2.45) is 0 Å². The van der Waals surface area contributed by atoms with Crippen molar-refractivity contribution in [2.75, 3.05) is 42.0 Å². The maximum Gasteiger partial charge on any atom is 0.224 e. The molecule has 0 saturated carbocycles. The van der Waals surface area contributed by atoms with Gasteiger partial charge < -0.3 is 24.4 Å². The van der Waals surface area contributed by atoms with E-state index in [1.54, 1.807) is 44.8 Å². The van der Waals surface area contributed by atoms with Crippen molar-refractivity contribution in [3.05, 3.63) is 40.1 Å². The molecule has 6 nitrogen and oxygen atoms in total. The van der Waals surface area contributed by atoms with Gasteiger partial charge in [-0.25, -0.2) is 0 Å². The largest absolute Gasteiger partial charge is 0.493 e. The number of nitrogens with zero attached hydrogens (tertiary/aromatic N) is 1. The molecule has 0 aliphatic carbocycles. The summed E-state index contributed by atoms with van der Waals surface area (Å²) in [5.41, 5.74) is 0.800. The van der Waals surface area contributed by atoms with Gasteiger partial charge in [0.2, 0.25) is 11.7 Å². The van der Waals surface area contributed by atoms with Crippen LogP contribution in [0.25, 0.3) is 0 Å². The number of ether oxygens (including phenoxy) is 3. The number of carbonyl (C=O) groups excluding carboxylic acids is 1. The molecule has 1 amide bonds. The van der Waals surface area contributed by atoms with Crippen LogP contribution in [-0.4, -0.2) is 52.8 Å². The SMILES string of the molecule is COc1cc(CC(=O)NC[C@H](c2cccs2)N(C)C)cc(OC)c1OC. The highest BCUT2D eigenvalue weighted by atomic mass is 32.1. The predicted molar refractivity (Wildman–Crippen MR) is 104 cm³/mol. The fourth-order valence-electron chi connectivity index (χ4n) is 2.71. The quantitative estimate of drug-likeness (QED) is 0.727. The first-order chi connectivity index (χ1) is 12.5. The molecule has 0 spiro atoms. The lowest BCUT2D eigenvalue weighted by Gasteiger charge is -2.23. The third kappa shape index (κ3) is 4.89. The molecule has 0 radical (unpaired) electrons. The van der Waals surface area contributed by atoms with Crippen molar-refractivity contribution < 1.29 is 19.0 Å². The molecule has 0 aliphatic rings. The molecule has 2 aromatic rings. The van der Waals surface area contributed by atoms with Gasteiger partial charge in [0, 0.05) is 11.4 Å². The predicted octanol–water partition coefficient (Wildman–Crippen LogP) is 2.74. The Balaban J connectivity index is 2.05. The number of amides is 1. The molecule has 0 aliphatic heterocycles. The van der Waals surface area contributed by atoms with Crippen molar-refractivity contribution in [2.45, 2.75) is 12.5 Å². The molecular weight excluding hydrogens is 352 g/mol. The third-order valence-corrected chi connectivity index (χ3v) is 5.05. The molecule has 0 saturated heterocycles. The smallest absolute Gasteiger partial charge is 0.224 e. The molecule has 1 atom stereocenters. The highest BCUT2D eigenvalue weighted by Gasteiger charge is 2.18. The monoisotopic (exact) mass is 378 g/mol. The zero-order chi connectivity index (χ0) is 19.1. The van der Waals surface area contributed by atoms with Crippen molar-refractivity contribution in [1.29, 1.82) is 0 Å². The van der Waals surface area contributed by atoms with Crippen LogP contribution >= 0.6 is 11.3 Å². The Morgan fingerprint density at radius 3 is 2.27 bits per heavy atom. The second-order valence-corrected chi connectivity index (χ2v) is 6.99. The molecule has 0 bridgehead atoms. The first-order valence-corrected chi connectivity index (χ1v) is 9.13. The van der Waals surface area contributed by atoms with E-state index in [-0.39, 0.29) is 18.4 Å². The highest BCUT2D eigenvalue weighted by Crippen LogP contribution is 2.38. The first-order valence-electron chi connectivity index (χ1n) is 8.25. The van der Waals surface area contributed by atoms with E-state index in [0.717, 1.165) is 5.56 Å². The van der Waals surface area contributed by atoms with Gasteiger partial charge in [-0.15, -0.1) is 11.3 Å². The number of thiophene rings is 1. The zero-order valence-electron chi connectivity index (χ0n) is 15.9. The van der Waals surface area contributed by atoms with Crippen molar-refractivity contribution >= 4 is 17.2 Å². The van der Waals surface area contributed by atoms with Gasteiger partial charge in [-0.2, -0.15) is 0 Å². The van der Waals surface area contributed by atoms with E-state index in [4.69, 9.17) is 14.2 Å². The van der Waals surface area contributed by atoms with Crippen molar-refractivity contribution in [1.82, 2.24) is 10.2 Å². The lowest BCUT2D eigenvalue weighted by Crippen LogP contribution is -2.34. The average molecular weight is 378 g/mol. The summed E-state index contributed by atoms with van der Waals surface area (Å²) in [6, 6.07) is 7.85. The van der Waals surface area contributed by atoms with E-state index in [1.807, 2.05) is 25.5 Å². The molecule has 0 fully saturated rings. The van der Waals surface area contributed by atoms with Crippen molar-refractivity contribution in [3.8, 4) is 17.2 Å². The number of nitrogens with one attached hydrogen (secondary N) is 1. The molecule has 1 aromatic carbocycles. The highest BCUT2D eigenvalue weighted by molar-refractivity contribution is 7.10. The van der Waals surface area contributed by atoms with E-state index in [9.17, 15) is 4.79 Å². The number of hydrogen-bond acceptors (Lipinski definition) is 6. The van der Waals surface area contributed by atoms with Crippen LogP contribution < -0.4 is 19.5 Å². The molecule has 1 N–H and O–H groups in total. The van der Waals surface area contributed by atoms with Crippen LogP contribution in [0, 0.1) is 0 Å². The van der Waals surface area contributed by atoms with Gasteiger partial charge in [-0.05, 0) is 43.2 Å². The lowest BCUT2D eigenvalue weighted by molar-refractivity contribution is -0.120. The van der Waals surface area contributed by atoms with Gasteiger partial charge in [-0.1, -0.05) is 6.07 Å². The summed E-state index contributed by atoms with van der Waals surface area (Å²) in [7, 11) is 8.69. The van der Waals surface area contributed by atoms with E-state index in [0.29, 0.717) is 23.8 Å². The second kappa shape index (κ2) is 9.45. The Labute approximate surface area is 158 Å². The maximum absolute atomic E-state index is 12.4. The van der Waals surface area contributed by atoms with Gasteiger partial charge in [0.15, 0.2) is 11.5 Å². The maximum atomic E-state index is 12.4. The van der Waals surface area contributed by atoms with E-state index in [2.05, 4.69) is 16.3 Å². The summed E-state index contributed by atoms with van der Waals surface area (Å²) < 4.78 is 16.0. The average Bonchev–Trinajstić information content (AvgIpc) is 3.14. The number of rotatable bonds is 9. The minimum absolute atomic E-state index is 0.0531. The number of carbonyl (C=O) groups is 1. The zero-order valence-corrected chi connectivity index (χ0v) is 16.7. The fraction of sp³-hybridized carbons (Fsp3) is 0.421. The minimum atomic E-state index is -0.0531. The van der Waals surface area contributed by atoms with Crippen molar-refractivity contribution in [3.63, 3.8) is 0 Å². The second-order valence-electron chi connectivity index (χ2n) is 6.01. The fourth-order valence-corrected chi connectivity index (χ4v) is 3.64. The van der Waals surface area contributed by atoms with Gasteiger partial charge in [0.05, 0.1) is 33.8 Å². The van der Waals surface area contributed by atoms with Crippen LogP contribution in [-0.2, 0) is 11.2 Å². The Morgan fingerprint density at radius 1 is 1.15 bits per heavy atom. The Morgan fingerprint density at radius 2 is 1.81 bits per heavy atom. The van der Waals surface area contributed by atoms with Crippen LogP contribution in [0.5, 0.6) is 17.2 Å². The number of methoxy groups -OCH3 is 3. The van der Waals surface area contributed by atoms with Gasteiger partial charge in [0.1, 0.15) is 0 Å². The third-order valence-electron chi connectivity index (χ3n) is 4.08. The van der Waals surface area contributed by atoms with Crippen LogP contribution in [0.15, 0.2) is 29.6 Å². The standard InChI is InChI=1S/C19H26N2O4S/c1-21(2)14(17-7-6-8-26-17)12-20-18(22)11-13-9-15(23-3)19(25-5)16(10-13)24-4/h6-10,14H,11-12H2,1-5H3,(H,20,22)/t14-/m1/s1. The van der Waals surface area contributed by atoms with E-state index in [1.165, 1.54) is 4.88 Å². The first kappa shape index (κ1) is 20.1. The van der Waals surface area contributed by atoms with Crippen LogP contribution in [0.4, 0.5) is 0 Å². The van der Waals surface area contributed by atoms with Gasteiger partial charge >= 0.3 is 0 Å². The number of hydrogen-bond donors (Lipinski definition) is 1. The molecule has 26 heavy (non-hydrogen) atoms. The molecule has 0 unspecified atom stereocenters. The molecule has 7 heteroatoms. The van der Waals surface area contributed by atoms with Crippen LogP contribution in [0.1, 0.15) is 16.5 Å². The summed E-state index contributed by atoms with van der Waals surface area (Å²) >= 11 is 1.69. The summed E-state index contributed by atoms with van der Waals surface area (Å²) in [5, 5.41) is 5.06. The van der Waals surface area contributed by atoms with E-state index < -0.39 is 0 Å². The molecular formula is C19H26N2O4S. The summed E-state index contributed by atoms with van der Waals surface area (Å²) in [5.74, 6) is 1.55. The number of benzene rings is 1. The summed E-state index contributed by atoms with van der Waals surface area (Å²) in [4.78, 5) is 15.8. The molecule has 1 aromatic heterocycles. The van der Waals surface area contributed by atoms with E-state index >= 15 is 0 Å². The van der Waals surface area contributed by atoms with Crippen LogP contribution in [0.2, 0.25) is 0 Å². The lowest BCUT2D eigenvalue weighted by atomic mass is 10.1. The minimum Gasteiger partial charge on any atom is -0.493 e. The van der Waals surface area contributed by atoms with Crippen LogP contribution in [0.3, 0.4) is 0 Å². The topological polar surface area (TPSA) is 60.0 Å². The van der Waals surface area contributed by atoms with Gasteiger partial charge in [-0.3, -0.25) is 4.79 Å². The van der Waals surface area contributed by atoms with Gasteiger partial charge in [0.25, 0.3) is 0 Å². The normalized spacial score (nSPS) is 11.9. The Hall–Kier alpha value is -2.25. The molecule has 142 valence electrons. The molecule has 2 rings (SSSR count). The number of likely N-dealkylation sites (N-methyl/N-ethyl adjacent to an activating group) is 1. The summed E-state index contributed by atoms with van der Waals surface area (Å²) in [6.07, 6.45) is 0.237.